The molecule has 31 heavy (non-hydrogen) atoms. The van der Waals surface area contributed by atoms with Crippen LogP contribution in [0.5, 0.6) is 0 Å². The third kappa shape index (κ3) is 4.98. The fourth-order valence-corrected chi connectivity index (χ4v) is 3.75. The quantitative estimate of drug-likeness (QED) is 0.653. The van der Waals surface area contributed by atoms with Crippen molar-refractivity contribution >= 4 is 11.6 Å². The van der Waals surface area contributed by atoms with Crippen LogP contribution >= 0.6 is 0 Å². The van der Waals surface area contributed by atoms with Crippen LogP contribution < -0.4 is 5.32 Å². The molecule has 1 amide bonds. The maximum atomic E-state index is 13.3. The molecule has 162 valence electrons. The molecule has 0 saturated carbocycles. The molecule has 0 bridgehead atoms. The van der Waals surface area contributed by atoms with Crippen molar-refractivity contribution in [3.8, 4) is 11.5 Å². The number of halogens is 1. The van der Waals surface area contributed by atoms with Crippen LogP contribution in [0.2, 0.25) is 0 Å². The van der Waals surface area contributed by atoms with Crippen LogP contribution in [0.25, 0.3) is 11.5 Å². The van der Waals surface area contributed by atoms with Gasteiger partial charge in [0.25, 0.3) is 0 Å². The molecule has 7 nitrogen and oxygen atoms in total. The molecule has 2 unspecified atom stereocenters. The highest BCUT2D eigenvalue weighted by Gasteiger charge is 2.29. The topological polar surface area (TPSA) is 74.5 Å². The number of rotatable bonds is 6. The second-order valence-electron chi connectivity index (χ2n) is 7.73. The molecule has 1 saturated heterocycles. The minimum Gasteiger partial charge on any atom is -0.419 e. The molecule has 0 spiro atoms. The molecule has 1 N–H and O–H groups in total. The normalized spacial score (nSPS) is 17.3. The Kier molecular flexibility index (Phi) is 6.39. The lowest BCUT2D eigenvalue weighted by Crippen LogP contribution is -2.53. The molecule has 3 aromatic rings. The van der Waals surface area contributed by atoms with E-state index in [-0.39, 0.29) is 23.8 Å². The Bertz CT molecular complexity index is 1020. The second kappa shape index (κ2) is 9.36. The summed E-state index contributed by atoms with van der Waals surface area (Å²) >= 11 is 0. The van der Waals surface area contributed by atoms with E-state index in [1.807, 2.05) is 37.3 Å². The van der Waals surface area contributed by atoms with Crippen molar-refractivity contribution in [2.24, 2.45) is 0 Å². The maximum absolute atomic E-state index is 13.3. The summed E-state index contributed by atoms with van der Waals surface area (Å²) in [5.41, 5.74) is 1.37. The smallest absolute Gasteiger partial charge is 0.247 e. The standard InChI is InChI=1S/C23H26FN5O2/c1-16(21(30)25-20-10-6-9-19(24)15-20)28-11-13-29(14-12-28)17(2)22-26-27-23(31-22)18-7-4-3-5-8-18/h3-10,15-17H,11-14H2,1-2H3,(H,25,30). The summed E-state index contributed by atoms with van der Waals surface area (Å²) in [5.74, 6) is 0.592. The highest BCUT2D eigenvalue weighted by atomic mass is 19.1. The van der Waals surface area contributed by atoms with Crippen molar-refractivity contribution in [2.45, 2.75) is 25.9 Å². The van der Waals surface area contributed by atoms with E-state index >= 15 is 0 Å². The number of hydrogen-bond donors (Lipinski definition) is 1. The van der Waals surface area contributed by atoms with Crippen LogP contribution in [0.1, 0.15) is 25.8 Å². The van der Waals surface area contributed by atoms with E-state index in [2.05, 4.69) is 32.2 Å². The van der Waals surface area contributed by atoms with E-state index in [0.717, 1.165) is 31.7 Å². The predicted octanol–water partition coefficient (Wildman–Crippen LogP) is 3.58. The van der Waals surface area contributed by atoms with Crippen LogP contribution in [0.4, 0.5) is 10.1 Å². The number of anilines is 1. The first-order valence-electron chi connectivity index (χ1n) is 10.4. The van der Waals surface area contributed by atoms with Crippen LogP contribution in [-0.4, -0.2) is 58.1 Å². The molecule has 2 aromatic carbocycles. The van der Waals surface area contributed by atoms with Crippen molar-refractivity contribution < 1.29 is 13.6 Å². The minimum atomic E-state index is -0.371. The first-order valence-corrected chi connectivity index (χ1v) is 10.4. The molecule has 1 aromatic heterocycles. The highest BCUT2D eigenvalue weighted by Crippen LogP contribution is 2.25. The van der Waals surface area contributed by atoms with Gasteiger partial charge < -0.3 is 9.73 Å². The number of aromatic nitrogens is 2. The Morgan fingerprint density at radius 1 is 1.00 bits per heavy atom. The Labute approximate surface area is 180 Å². The number of benzene rings is 2. The SMILES string of the molecule is CC(C(=O)Nc1cccc(F)c1)N1CCN(C(C)c2nnc(-c3ccccc3)o2)CC1. The number of hydrogen-bond acceptors (Lipinski definition) is 6. The van der Waals surface area contributed by atoms with Crippen molar-refractivity contribution in [1.82, 2.24) is 20.0 Å². The first kappa shape index (κ1) is 21.1. The predicted molar refractivity (Wildman–Crippen MR) is 116 cm³/mol. The van der Waals surface area contributed by atoms with Gasteiger partial charge in [-0.25, -0.2) is 4.39 Å². The summed E-state index contributed by atoms with van der Waals surface area (Å²) < 4.78 is 19.2. The van der Waals surface area contributed by atoms with Gasteiger partial charge in [0.1, 0.15) is 5.82 Å². The van der Waals surface area contributed by atoms with Crippen molar-refractivity contribution in [1.29, 1.82) is 0 Å². The fraction of sp³-hybridized carbons (Fsp3) is 0.348. The Hall–Kier alpha value is -3.10. The van der Waals surface area contributed by atoms with E-state index < -0.39 is 0 Å². The average Bonchev–Trinajstić information content (AvgIpc) is 3.29. The number of carbonyl (C=O) groups excluding carboxylic acids is 1. The molecule has 1 aliphatic rings. The lowest BCUT2D eigenvalue weighted by molar-refractivity contribution is -0.121. The Balaban J connectivity index is 1.32. The van der Waals surface area contributed by atoms with Gasteiger partial charge in [-0.2, -0.15) is 0 Å². The van der Waals surface area contributed by atoms with Gasteiger partial charge in [-0.05, 0) is 44.2 Å². The number of piperazine rings is 1. The summed E-state index contributed by atoms with van der Waals surface area (Å²) in [4.78, 5) is 17.0. The largest absolute Gasteiger partial charge is 0.419 e. The maximum Gasteiger partial charge on any atom is 0.247 e. The van der Waals surface area contributed by atoms with Gasteiger partial charge in [-0.15, -0.1) is 10.2 Å². The third-order valence-corrected chi connectivity index (χ3v) is 5.73. The van der Waals surface area contributed by atoms with E-state index in [0.29, 0.717) is 17.5 Å². The molecule has 1 fully saturated rings. The third-order valence-electron chi connectivity index (χ3n) is 5.73. The van der Waals surface area contributed by atoms with Gasteiger partial charge in [0.15, 0.2) is 0 Å². The van der Waals surface area contributed by atoms with Crippen LogP contribution in [0.3, 0.4) is 0 Å². The van der Waals surface area contributed by atoms with Crippen LogP contribution in [0.15, 0.2) is 59.0 Å². The monoisotopic (exact) mass is 423 g/mol. The van der Waals surface area contributed by atoms with Crippen LogP contribution in [-0.2, 0) is 4.79 Å². The highest BCUT2D eigenvalue weighted by molar-refractivity contribution is 5.94. The number of nitrogens with one attached hydrogen (secondary N) is 1. The fourth-order valence-electron chi connectivity index (χ4n) is 3.75. The van der Waals surface area contributed by atoms with Crippen molar-refractivity contribution in [3.05, 3.63) is 66.3 Å². The number of amides is 1. The van der Waals surface area contributed by atoms with E-state index in [1.165, 1.54) is 12.1 Å². The van der Waals surface area contributed by atoms with Crippen LogP contribution in [0, 0.1) is 5.82 Å². The summed E-state index contributed by atoms with van der Waals surface area (Å²) in [6.45, 7) is 6.96. The molecule has 1 aliphatic heterocycles. The first-order chi connectivity index (χ1) is 15.0. The number of carbonyl (C=O) groups is 1. The zero-order chi connectivity index (χ0) is 21.8. The summed E-state index contributed by atoms with van der Waals surface area (Å²) in [6, 6.07) is 15.3. The van der Waals surface area contributed by atoms with Gasteiger partial charge in [0.05, 0.1) is 12.1 Å². The second-order valence-corrected chi connectivity index (χ2v) is 7.73. The van der Waals surface area contributed by atoms with E-state index in [4.69, 9.17) is 4.42 Å². The van der Waals surface area contributed by atoms with Gasteiger partial charge in [0, 0.05) is 37.4 Å². The minimum absolute atomic E-state index is 0.0106. The molecule has 2 atom stereocenters. The zero-order valence-corrected chi connectivity index (χ0v) is 17.7. The van der Waals surface area contributed by atoms with Crippen molar-refractivity contribution in [3.63, 3.8) is 0 Å². The molecular formula is C23H26FN5O2. The molecule has 4 rings (SSSR count). The molecule has 0 radical (unpaired) electrons. The number of nitrogens with zero attached hydrogens (tertiary/aromatic N) is 4. The summed E-state index contributed by atoms with van der Waals surface area (Å²) in [5, 5.41) is 11.2. The van der Waals surface area contributed by atoms with Gasteiger partial charge in [-0.1, -0.05) is 24.3 Å². The average molecular weight is 423 g/mol. The van der Waals surface area contributed by atoms with Gasteiger partial charge in [-0.3, -0.25) is 14.6 Å². The van der Waals surface area contributed by atoms with Crippen molar-refractivity contribution in [2.75, 3.05) is 31.5 Å². The summed E-state index contributed by atoms with van der Waals surface area (Å²) in [6.07, 6.45) is 0. The van der Waals surface area contributed by atoms with Gasteiger partial charge >= 0.3 is 0 Å². The molecule has 2 heterocycles. The Morgan fingerprint density at radius 2 is 1.71 bits per heavy atom. The zero-order valence-electron chi connectivity index (χ0n) is 17.7. The van der Waals surface area contributed by atoms with E-state index in [1.54, 1.807) is 12.1 Å². The lowest BCUT2D eigenvalue weighted by Gasteiger charge is -2.39. The molecule has 8 heteroatoms. The van der Waals surface area contributed by atoms with E-state index in [9.17, 15) is 9.18 Å². The molecular weight excluding hydrogens is 397 g/mol. The Morgan fingerprint density at radius 3 is 2.42 bits per heavy atom. The lowest BCUT2D eigenvalue weighted by atomic mass is 10.1. The van der Waals surface area contributed by atoms with Gasteiger partial charge in [0.2, 0.25) is 17.7 Å². The molecule has 0 aliphatic carbocycles. The summed E-state index contributed by atoms with van der Waals surface area (Å²) in [7, 11) is 0.